The molecule has 4 rings (SSSR count). The lowest BCUT2D eigenvalue weighted by Crippen LogP contribution is -2.44. The number of thioether (sulfide) groups is 1. The molecule has 1 fully saturated rings. The van der Waals surface area contributed by atoms with Crippen molar-refractivity contribution < 1.29 is 27.5 Å². The number of amides is 2. The van der Waals surface area contributed by atoms with Crippen molar-refractivity contribution in [3.8, 4) is 5.75 Å². The fourth-order valence-electron chi connectivity index (χ4n) is 3.55. The topological polar surface area (TPSA) is 71.0 Å². The Kier molecular flexibility index (Phi) is 7.64. The molecule has 6 nitrogen and oxygen atoms in total. The van der Waals surface area contributed by atoms with Crippen LogP contribution in [0.15, 0.2) is 83.9 Å². The third-order valence-electron chi connectivity index (χ3n) is 5.35. The van der Waals surface area contributed by atoms with E-state index in [0.29, 0.717) is 11.4 Å². The summed E-state index contributed by atoms with van der Waals surface area (Å²) in [5, 5.41) is 2.10. The van der Waals surface area contributed by atoms with Gasteiger partial charge in [0.05, 0.1) is 24.9 Å². The van der Waals surface area contributed by atoms with Crippen LogP contribution in [-0.2, 0) is 22.3 Å². The van der Waals surface area contributed by atoms with E-state index < -0.39 is 22.9 Å². The normalized spacial score (nSPS) is 17.2. The van der Waals surface area contributed by atoms with Gasteiger partial charge >= 0.3 is 6.18 Å². The van der Waals surface area contributed by atoms with Gasteiger partial charge in [0.1, 0.15) is 11.0 Å². The summed E-state index contributed by atoms with van der Waals surface area (Å²) in [6.07, 6.45) is -4.62. The van der Waals surface area contributed by atoms with Crippen LogP contribution >= 0.6 is 11.8 Å². The minimum atomic E-state index is -4.53. The average Bonchev–Trinajstić information content (AvgIpc) is 2.86. The highest BCUT2D eigenvalue weighted by atomic mass is 32.2. The van der Waals surface area contributed by atoms with Gasteiger partial charge in [0, 0.05) is 18.2 Å². The van der Waals surface area contributed by atoms with Crippen molar-refractivity contribution in [1.29, 1.82) is 0 Å². The second kappa shape index (κ2) is 10.9. The molecule has 1 aliphatic heterocycles. The lowest BCUT2D eigenvalue weighted by Gasteiger charge is -2.32. The van der Waals surface area contributed by atoms with Gasteiger partial charge < -0.3 is 10.1 Å². The third kappa shape index (κ3) is 6.25. The molecule has 1 atom stereocenters. The molecule has 0 spiro atoms. The van der Waals surface area contributed by atoms with Crippen LogP contribution < -0.4 is 10.1 Å². The molecular weight excluding hydrogens is 491 g/mol. The zero-order valence-corrected chi connectivity index (χ0v) is 20.0. The Morgan fingerprint density at radius 3 is 2.56 bits per heavy atom. The van der Waals surface area contributed by atoms with Gasteiger partial charge in [-0.05, 0) is 35.9 Å². The average molecular weight is 514 g/mol. The van der Waals surface area contributed by atoms with Crippen LogP contribution in [0.2, 0.25) is 0 Å². The molecule has 1 N–H and O–H groups in total. The largest absolute Gasteiger partial charge is 0.497 e. The molecule has 3 aromatic rings. The van der Waals surface area contributed by atoms with Crippen LogP contribution in [0.4, 0.5) is 24.5 Å². The highest BCUT2D eigenvalue weighted by Crippen LogP contribution is 2.34. The van der Waals surface area contributed by atoms with Gasteiger partial charge in [-0.15, -0.1) is 0 Å². The number of hydrogen-bond donors (Lipinski definition) is 1. The Morgan fingerprint density at radius 1 is 1.08 bits per heavy atom. The van der Waals surface area contributed by atoms with Gasteiger partial charge in [0.25, 0.3) is 0 Å². The van der Waals surface area contributed by atoms with Crippen LogP contribution in [0.1, 0.15) is 17.5 Å². The second-order valence-electron chi connectivity index (χ2n) is 7.94. The summed E-state index contributed by atoms with van der Waals surface area (Å²) in [4.78, 5) is 31.9. The molecule has 0 radical (unpaired) electrons. The molecule has 1 saturated heterocycles. The number of methoxy groups -OCH3 is 1. The van der Waals surface area contributed by atoms with E-state index in [4.69, 9.17) is 4.74 Å². The molecule has 3 aromatic carbocycles. The molecule has 1 unspecified atom stereocenters. The molecule has 0 bridgehead atoms. The van der Waals surface area contributed by atoms with Crippen LogP contribution in [0.25, 0.3) is 0 Å². The lowest BCUT2D eigenvalue weighted by atomic mass is 10.2. The Hall–Kier alpha value is -3.79. The van der Waals surface area contributed by atoms with Crippen molar-refractivity contribution in [2.45, 2.75) is 24.4 Å². The van der Waals surface area contributed by atoms with Crippen LogP contribution in [0.3, 0.4) is 0 Å². The quantitative estimate of drug-likeness (QED) is 0.447. The van der Waals surface area contributed by atoms with Crippen LogP contribution in [0, 0.1) is 0 Å². The Morgan fingerprint density at radius 2 is 1.83 bits per heavy atom. The molecular formula is C26H22F3N3O3S. The Bertz CT molecular complexity index is 1280. The summed E-state index contributed by atoms with van der Waals surface area (Å²) in [6.45, 7) is 0.175. The predicted molar refractivity (Wildman–Crippen MR) is 133 cm³/mol. The predicted octanol–water partition coefficient (Wildman–Crippen LogP) is 5.87. The van der Waals surface area contributed by atoms with E-state index in [9.17, 15) is 22.8 Å². The smallest absolute Gasteiger partial charge is 0.416 e. The molecule has 0 aliphatic carbocycles. The second-order valence-corrected chi connectivity index (χ2v) is 9.11. The number of ether oxygens (including phenoxy) is 1. The standard InChI is InChI=1S/C26H22F3N3O3S/c1-35-21-12-6-11-20(14-21)30-24(34)22-15-23(33)32(16-17-7-3-2-4-8-17)25(36-22)31-19-10-5-9-18(13-19)26(27,28)29/h2-14,22H,15-16H2,1H3,(H,30,34). The third-order valence-corrected chi connectivity index (χ3v) is 6.54. The summed E-state index contributed by atoms with van der Waals surface area (Å²) in [6, 6.07) is 20.5. The Labute approximate surface area is 210 Å². The first-order chi connectivity index (χ1) is 17.2. The number of hydrogen-bond acceptors (Lipinski definition) is 5. The number of alkyl halides is 3. The number of nitrogens with one attached hydrogen (secondary N) is 1. The van der Waals surface area contributed by atoms with Crippen molar-refractivity contribution in [1.82, 2.24) is 4.90 Å². The zero-order valence-electron chi connectivity index (χ0n) is 19.2. The van der Waals surface area contributed by atoms with Crippen molar-refractivity contribution in [2.75, 3.05) is 12.4 Å². The molecule has 2 amide bonds. The number of carbonyl (C=O) groups excluding carboxylic acids is 2. The summed E-state index contributed by atoms with van der Waals surface area (Å²) in [5.41, 5.74) is 0.503. The van der Waals surface area contributed by atoms with Gasteiger partial charge in [0.15, 0.2) is 5.17 Å². The van der Waals surface area contributed by atoms with E-state index in [1.807, 2.05) is 30.3 Å². The number of halogens is 3. The fourth-order valence-corrected chi connectivity index (χ4v) is 4.65. The summed E-state index contributed by atoms with van der Waals surface area (Å²) in [5.74, 6) is -0.215. The molecule has 186 valence electrons. The van der Waals surface area contributed by atoms with E-state index in [1.54, 1.807) is 24.3 Å². The van der Waals surface area contributed by atoms with E-state index in [2.05, 4.69) is 10.3 Å². The highest BCUT2D eigenvalue weighted by molar-refractivity contribution is 8.15. The van der Waals surface area contributed by atoms with E-state index >= 15 is 0 Å². The van der Waals surface area contributed by atoms with Gasteiger partial charge in [-0.2, -0.15) is 13.2 Å². The maximum Gasteiger partial charge on any atom is 0.416 e. The van der Waals surface area contributed by atoms with Crippen molar-refractivity contribution in [3.05, 3.63) is 90.0 Å². The molecule has 0 saturated carbocycles. The molecule has 36 heavy (non-hydrogen) atoms. The lowest BCUT2D eigenvalue weighted by molar-refractivity contribution is -0.137. The number of benzene rings is 3. The molecule has 10 heteroatoms. The SMILES string of the molecule is COc1cccc(NC(=O)C2CC(=O)N(Cc3ccccc3)C(=Nc3cccc(C(F)(F)F)c3)S2)c1. The fraction of sp³-hybridized carbons (Fsp3) is 0.192. The number of carbonyl (C=O) groups is 2. The monoisotopic (exact) mass is 513 g/mol. The molecule has 1 aliphatic rings. The number of aliphatic imine (C=N–C) groups is 1. The first-order valence-corrected chi connectivity index (χ1v) is 11.8. The van der Waals surface area contributed by atoms with Crippen molar-refractivity contribution in [3.63, 3.8) is 0 Å². The highest BCUT2D eigenvalue weighted by Gasteiger charge is 2.36. The maximum atomic E-state index is 13.2. The Balaban J connectivity index is 1.63. The molecule has 1 heterocycles. The minimum Gasteiger partial charge on any atom is -0.497 e. The van der Waals surface area contributed by atoms with E-state index in [1.165, 1.54) is 24.1 Å². The van der Waals surface area contributed by atoms with Crippen LogP contribution in [-0.4, -0.2) is 34.2 Å². The summed E-state index contributed by atoms with van der Waals surface area (Å²) < 4.78 is 44.8. The number of rotatable bonds is 6. The van der Waals surface area contributed by atoms with Crippen LogP contribution in [0.5, 0.6) is 5.75 Å². The number of amidine groups is 1. The summed E-state index contributed by atoms with van der Waals surface area (Å²) in [7, 11) is 1.51. The number of nitrogens with zero attached hydrogens (tertiary/aromatic N) is 2. The zero-order chi connectivity index (χ0) is 25.7. The summed E-state index contributed by atoms with van der Waals surface area (Å²) >= 11 is 1.04. The minimum absolute atomic E-state index is 0.0343. The van der Waals surface area contributed by atoms with Gasteiger partial charge in [-0.3, -0.25) is 14.5 Å². The van der Waals surface area contributed by atoms with Crippen molar-refractivity contribution >= 4 is 40.1 Å². The first kappa shape index (κ1) is 25.3. The van der Waals surface area contributed by atoms with Gasteiger partial charge in [-0.25, -0.2) is 4.99 Å². The van der Waals surface area contributed by atoms with E-state index in [-0.39, 0.29) is 29.7 Å². The maximum absolute atomic E-state index is 13.2. The first-order valence-electron chi connectivity index (χ1n) is 10.9. The van der Waals surface area contributed by atoms with Gasteiger partial charge in [0.2, 0.25) is 11.8 Å². The van der Waals surface area contributed by atoms with Crippen molar-refractivity contribution in [2.24, 2.45) is 4.99 Å². The van der Waals surface area contributed by atoms with E-state index in [0.717, 1.165) is 29.5 Å². The molecule has 0 aromatic heterocycles. The van der Waals surface area contributed by atoms with Gasteiger partial charge in [-0.1, -0.05) is 54.2 Å². The number of anilines is 1.